The monoisotopic (exact) mass is 583 g/mol. The van der Waals surface area contributed by atoms with E-state index in [1.165, 1.54) is 41.3 Å². The Balaban J connectivity index is 2.01. The minimum Gasteiger partial charge on any atom is -0.494 e. The standard InChI is InChI=1S/C31H38FN3O5S/c1-6-40-28-15-13-27(14-16-28)35(41(38,39)29-17-7-23(4)8-18-29)21-30(36)34(20-25-9-11-26(32)12-10-25)24(5)31(37)33-19-22(2)3/h7-18,22,24H,6,19-21H2,1-5H3,(H,33,37)/t24-/m0/s1. The number of hydrogen-bond acceptors (Lipinski definition) is 5. The molecule has 0 fully saturated rings. The molecule has 0 unspecified atom stereocenters. The number of sulfonamides is 1. The number of carbonyl (C=O) groups is 2. The van der Waals surface area contributed by atoms with Gasteiger partial charge in [-0.25, -0.2) is 12.8 Å². The minimum atomic E-state index is -4.18. The average molecular weight is 584 g/mol. The average Bonchev–Trinajstić information content (AvgIpc) is 2.94. The minimum absolute atomic E-state index is 0.0168. The van der Waals surface area contributed by atoms with Gasteiger partial charge in [0.15, 0.2) is 0 Å². The van der Waals surface area contributed by atoms with Crippen molar-refractivity contribution in [3.63, 3.8) is 0 Å². The summed E-state index contributed by atoms with van der Waals surface area (Å²) in [5, 5.41) is 2.84. The first-order chi connectivity index (χ1) is 19.4. The normalized spacial score (nSPS) is 12.1. The predicted molar refractivity (Wildman–Crippen MR) is 158 cm³/mol. The summed E-state index contributed by atoms with van der Waals surface area (Å²) < 4.78 is 47.9. The number of aryl methyl sites for hydroxylation is 1. The molecule has 0 aromatic heterocycles. The Morgan fingerprint density at radius 1 is 0.927 bits per heavy atom. The lowest BCUT2D eigenvalue weighted by atomic mass is 10.1. The predicted octanol–water partition coefficient (Wildman–Crippen LogP) is 4.92. The van der Waals surface area contributed by atoms with Crippen LogP contribution >= 0.6 is 0 Å². The van der Waals surface area contributed by atoms with E-state index in [-0.39, 0.29) is 29.0 Å². The molecule has 0 aliphatic heterocycles. The van der Waals surface area contributed by atoms with Crippen LogP contribution in [-0.2, 0) is 26.2 Å². The molecule has 0 radical (unpaired) electrons. The number of nitrogens with one attached hydrogen (secondary N) is 1. The van der Waals surface area contributed by atoms with E-state index in [2.05, 4.69) is 5.32 Å². The van der Waals surface area contributed by atoms with Gasteiger partial charge in [-0.3, -0.25) is 13.9 Å². The number of halogens is 1. The van der Waals surface area contributed by atoms with Gasteiger partial charge >= 0.3 is 0 Å². The summed E-state index contributed by atoms with van der Waals surface area (Å²) in [5.41, 5.74) is 1.75. The Hall–Kier alpha value is -3.92. The van der Waals surface area contributed by atoms with Crippen molar-refractivity contribution in [2.75, 3.05) is 24.0 Å². The molecule has 0 aliphatic rings. The summed E-state index contributed by atoms with van der Waals surface area (Å²) in [6.07, 6.45) is 0. The van der Waals surface area contributed by atoms with Crippen molar-refractivity contribution in [2.45, 2.75) is 52.1 Å². The molecule has 0 bridgehead atoms. The van der Waals surface area contributed by atoms with Gasteiger partial charge in [-0.05, 0) is 80.8 Å². The second-order valence-electron chi connectivity index (χ2n) is 10.2. The molecule has 8 nitrogen and oxygen atoms in total. The van der Waals surface area contributed by atoms with Crippen LogP contribution in [0.2, 0.25) is 0 Å². The van der Waals surface area contributed by atoms with Gasteiger partial charge in [-0.1, -0.05) is 43.7 Å². The van der Waals surface area contributed by atoms with Crippen molar-refractivity contribution < 1.29 is 27.1 Å². The molecule has 0 saturated carbocycles. The Morgan fingerprint density at radius 2 is 1.54 bits per heavy atom. The van der Waals surface area contributed by atoms with E-state index in [9.17, 15) is 22.4 Å². The Morgan fingerprint density at radius 3 is 2.10 bits per heavy atom. The van der Waals surface area contributed by atoms with E-state index in [1.54, 1.807) is 43.3 Å². The quantitative estimate of drug-likeness (QED) is 0.308. The molecular formula is C31H38FN3O5S. The largest absolute Gasteiger partial charge is 0.494 e. The summed E-state index contributed by atoms with van der Waals surface area (Å²) in [6, 6.07) is 17.5. The van der Waals surface area contributed by atoms with Gasteiger partial charge in [-0.15, -0.1) is 0 Å². The zero-order valence-corrected chi connectivity index (χ0v) is 24.9. The maximum Gasteiger partial charge on any atom is 0.264 e. The molecular weight excluding hydrogens is 545 g/mol. The zero-order valence-electron chi connectivity index (χ0n) is 24.1. The van der Waals surface area contributed by atoms with E-state index in [0.717, 1.165) is 9.87 Å². The fraction of sp³-hybridized carbons (Fsp3) is 0.355. The summed E-state index contributed by atoms with van der Waals surface area (Å²) in [4.78, 5) is 28.3. The number of carbonyl (C=O) groups excluding carboxylic acids is 2. The molecule has 2 amide bonds. The van der Waals surface area contributed by atoms with Crippen molar-refractivity contribution in [3.05, 3.63) is 89.7 Å². The van der Waals surface area contributed by atoms with Crippen molar-refractivity contribution in [1.82, 2.24) is 10.2 Å². The molecule has 220 valence electrons. The molecule has 0 saturated heterocycles. The maximum absolute atomic E-state index is 13.9. The van der Waals surface area contributed by atoms with Gasteiger partial charge in [-0.2, -0.15) is 0 Å². The summed E-state index contributed by atoms with van der Waals surface area (Å²) >= 11 is 0. The van der Waals surface area contributed by atoms with Crippen LogP contribution in [0.15, 0.2) is 77.7 Å². The number of benzene rings is 3. The smallest absolute Gasteiger partial charge is 0.264 e. The first-order valence-corrected chi connectivity index (χ1v) is 15.0. The van der Waals surface area contributed by atoms with E-state index >= 15 is 0 Å². The highest BCUT2D eigenvalue weighted by molar-refractivity contribution is 7.92. The number of rotatable bonds is 13. The van der Waals surface area contributed by atoms with Crippen LogP contribution in [0.5, 0.6) is 5.75 Å². The molecule has 1 N–H and O–H groups in total. The third-order valence-corrected chi connectivity index (χ3v) is 8.23. The molecule has 3 rings (SSSR count). The first kappa shape index (κ1) is 31.6. The van der Waals surface area contributed by atoms with Crippen molar-refractivity contribution in [1.29, 1.82) is 0 Å². The molecule has 3 aromatic rings. The van der Waals surface area contributed by atoms with Gasteiger partial charge in [0.25, 0.3) is 10.0 Å². The van der Waals surface area contributed by atoms with E-state index in [4.69, 9.17) is 4.74 Å². The zero-order chi connectivity index (χ0) is 30.2. The molecule has 3 aromatic carbocycles. The first-order valence-electron chi connectivity index (χ1n) is 13.6. The molecule has 0 aliphatic carbocycles. The van der Waals surface area contributed by atoms with Gasteiger partial charge in [0.2, 0.25) is 11.8 Å². The van der Waals surface area contributed by atoms with E-state index in [1.807, 2.05) is 27.7 Å². The topological polar surface area (TPSA) is 96.0 Å². The summed E-state index contributed by atoms with van der Waals surface area (Å²) in [6.45, 7) is 9.48. The highest BCUT2D eigenvalue weighted by Crippen LogP contribution is 2.27. The van der Waals surface area contributed by atoms with Crippen LogP contribution in [0.1, 0.15) is 38.8 Å². The fourth-order valence-electron chi connectivity index (χ4n) is 4.06. The lowest BCUT2D eigenvalue weighted by molar-refractivity contribution is -0.139. The van der Waals surface area contributed by atoms with E-state index < -0.39 is 34.3 Å². The third-order valence-electron chi connectivity index (χ3n) is 6.44. The van der Waals surface area contributed by atoms with Crippen LogP contribution in [0.3, 0.4) is 0 Å². The SMILES string of the molecule is CCOc1ccc(N(CC(=O)N(Cc2ccc(F)cc2)[C@@H](C)C(=O)NCC(C)C)S(=O)(=O)c2ccc(C)cc2)cc1. The molecule has 0 spiro atoms. The lowest BCUT2D eigenvalue weighted by Gasteiger charge is -2.32. The van der Waals surface area contributed by atoms with Crippen molar-refractivity contribution >= 4 is 27.5 Å². The Bertz CT molecular complexity index is 1410. The van der Waals surface area contributed by atoms with Crippen molar-refractivity contribution in [2.24, 2.45) is 5.92 Å². The molecule has 10 heteroatoms. The summed E-state index contributed by atoms with van der Waals surface area (Å²) in [7, 11) is -4.18. The third kappa shape index (κ3) is 8.53. The Labute approximate surface area is 242 Å². The van der Waals surface area contributed by atoms with Crippen LogP contribution < -0.4 is 14.4 Å². The lowest BCUT2D eigenvalue weighted by Crippen LogP contribution is -2.51. The van der Waals surface area contributed by atoms with Crippen LogP contribution in [0, 0.1) is 18.7 Å². The molecule has 0 heterocycles. The van der Waals surface area contributed by atoms with Crippen LogP contribution in [0.4, 0.5) is 10.1 Å². The van der Waals surface area contributed by atoms with Gasteiger partial charge in [0.1, 0.15) is 24.2 Å². The van der Waals surface area contributed by atoms with Crippen LogP contribution in [0.25, 0.3) is 0 Å². The highest BCUT2D eigenvalue weighted by Gasteiger charge is 2.32. The maximum atomic E-state index is 13.9. The highest BCUT2D eigenvalue weighted by atomic mass is 32.2. The van der Waals surface area contributed by atoms with Crippen LogP contribution in [-0.4, -0.2) is 50.9 Å². The second-order valence-corrected chi connectivity index (χ2v) is 12.1. The summed E-state index contributed by atoms with van der Waals surface area (Å²) in [5.74, 6) is -0.639. The Kier molecular flexibility index (Phi) is 10.9. The number of anilines is 1. The van der Waals surface area contributed by atoms with Gasteiger partial charge in [0.05, 0.1) is 17.2 Å². The number of amides is 2. The number of hydrogen-bond donors (Lipinski definition) is 1. The molecule has 1 atom stereocenters. The molecule has 41 heavy (non-hydrogen) atoms. The van der Waals surface area contributed by atoms with E-state index in [0.29, 0.717) is 24.5 Å². The van der Waals surface area contributed by atoms with Gasteiger partial charge in [0, 0.05) is 13.1 Å². The van der Waals surface area contributed by atoms with Crippen molar-refractivity contribution in [3.8, 4) is 5.75 Å². The van der Waals surface area contributed by atoms with Gasteiger partial charge < -0.3 is 15.0 Å². The number of ether oxygens (including phenoxy) is 1. The second kappa shape index (κ2) is 14.1. The fourth-order valence-corrected chi connectivity index (χ4v) is 5.48. The number of nitrogens with zero attached hydrogens (tertiary/aromatic N) is 2.